The zero-order valence-electron chi connectivity index (χ0n) is 14.7. The summed E-state index contributed by atoms with van der Waals surface area (Å²) in [5.41, 5.74) is 4.65. The van der Waals surface area contributed by atoms with Crippen LogP contribution in [0, 0.1) is 13.8 Å². The van der Waals surface area contributed by atoms with Crippen LogP contribution in [0.25, 0.3) is 11.3 Å². The van der Waals surface area contributed by atoms with Crippen LogP contribution in [-0.4, -0.2) is 20.9 Å². The highest BCUT2D eigenvalue weighted by atomic mass is 16.1. The number of H-pyrrole nitrogens is 1. The zero-order chi connectivity index (χ0) is 17.8. The maximum atomic E-state index is 12.6. The van der Waals surface area contributed by atoms with Gasteiger partial charge in [-0.05, 0) is 50.1 Å². The minimum Gasteiger partial charge on any atom is -0.346 e. The number of carbonyl (C=O) groups excluding carboxylic acids is 1. The monoisotopic (exact) mass is 334 g/mol. The maximum Gasteiger partial charge on any atom is 0.251 e. The molecular formula is C20H22N4O. The molecule has 3 aromatic rings. The van der Waals surface area contributed by atoms with Gasteiger partial charge in [-0.15, -0.1) is 0 Å². The number of benzene rings is 1. The zero-order valence-corrected chi connectivity index (χ0v) is 14.7. The van der Waals surface area contributed by atoms with E-state index in [1.165, 1.54) is 0 Å². The summed E-state index contributed by atoms with van der Waals surface area (Å²) < 4.78 is 0. The van der Waals surface area contributed by atoms with E-state index < -0.39 is 0 Å². The fourth-order valence-corrected chi connectivity index (χ4v) is 2.93. The summed E-state index contributed by atoms with van der Waals surface area (Å²) in [4.78, 5) is 24.3. The third-order valence-electron chi connectivity index (χ3n) is 4.25. The second-order valence-corrected chi connectivity index (χ2v) is 6.09. The van der Waals surface area contributed by atoms with E-state index in [1.54, 1.807) is 12.4 Å². The molecule has 0 spiro atoms. The third kappa shape index (κ3) is 3.76. The number of pyridine rings is 1. The molecule has 0 fully saturated rings. The van der Waals surface area contributed by atoms with E-state index in [-0.39, 0.29) is 11.9 Å². The highest BCUT2D eigenvalue weighted by Gasteiger charge is 2.14. The summed E-state index contributed by atoms with van der Waals surface area (Å²) in [7, 11) is 0. The lowest BCUT2D eigenvalue weighted by atomic mass is 10.0. The van der Waals surface area contributed by atoms with Gasteiger partial charge in [-0.1, -0.05) is 19.1 Å². The van der Waals surface area contributed by atoms with Crippen molar-refractivity contribution in [2.45, 2.75) is 33.2 Å². The molecule has 5 nitrogen and oxygen atoms in total. The molecule has 1 atom stereocenters. The molecule has 1 amide bonds. The molecule has 0 aliphatic carbocycles. The molecule has 2 N–H and O–H groups in total. The second kappa shape index (κ2) is 7.30. The predicted octanol–water partition coefficient (Wildman–Crippen LogP) is 3.97. The number of nitrogens with one attached hydrogen (secondary N) is 2. The fourth-order valence-electron chi connectivity index (χ4n) is 2.93. The van der Waals surface area contributed by atoms with Crippen LogP contribution >= 0.6 is 0 Å². The van der Waals surface area contributed by atoms with E-state index in [2.05, 4.69) is 27.2 Å². The van der Waals surface area contributed by atoms with Crippen molar-refractivity contribution in [2.75, 3.05) is 0 Å². The topological polar surface area (TPSA) is 70.7 Å². The van der Waals surface area contributed by atoms with E-state index >= 15 is 0 Å². The molecule has 2 heterocycles. The second-order valence-electron chi connectivity index (χ2n) is 6.09. The van der Waals surface area contributed by atoms with Crippen LogP contribution < -0.4 is 5.32 Å². The summed E-state index contributed by atoms with van der Waals surface area (Å²) in [6, 6.07) is 11.4. The molecule has 25 heavy (non-hydrogen) atoms. The summed E-state index contributed by atoms with van der Waals surface area (Å²) in [6.45, 7) is 5.98. The van der Waals surface area contributed by atoms with Crippen molar-refractivity contribution in [1.29, 1.82) is 0 Å². The summed E-state index contributed by atoms with van der Waals surface area (Å²) >= 11 is 0. The lowest BCUT2D eigenvalue weighted by molar-refractivity contribution is 0.0935. The van der Waals surface area contributed by atoms with Gasteiger partial charge in [0, 0.05) is 29.2 Å². The van der Waals surface area contributed by atoms with E-state index in [0.717, 1.165) is 34.8 Å². The van der Waals surface area contributed by atoms with Crippen LogP contribution in [-0.2, 0) is 0 Å². The Morgan fingerprint density at radius 2 is 1.80 bits per heavy atom. The lowest BCUT2D eigenvalue weighted by Gasteiger charge is -2.17. The first-order valence-electron chi connectivity index (χ1n) is 8.43. The van der Waals surface area contributed by atoms with Crippen molar-refractivity contribution >= 4 is 5.91 Å². The van der Waals surface area contributed by atoms with Crippen molar-refractivity contribution in [3.8, 4) is 11.3 Å². The van der Waals surface area contributed by atoms with Crippen LogP contribution in [0.4, 0.5) is 0 Å². The Bertz CT molecular complexity index is 853. The van der Waals surface area contributed by atoms with Crippen molar-refractivity contribution in [2.24, 2.45) is 0 Å². The number of aromatic amines is 1. The number of rotatable bonds is 5. The van der Waals surface area contributed by atoms with Gasteiger partial charge >= 0.3 is 0 Å². The van der Waals surface area contributed by atoms with Crippen LogP contribution in [0.5, 0.6) is 0 Å². The van der Waals surface area contributed by atoms with Crippen molar-refractivity contribution in [3.05, 3.63) is 71.4 Å². The van der Waals surface area contributed by atoms with Crippen LogP contribution in [0.3, 0.4) is 0 Å². The summed E-state index contributed by atoms with van der Waals surface area (Å²) in [5, 5.41) is 3.09. The van der Waals surface area contributed by atoms with Gasteiger partial charge in [-0.2, -0.15) is 0 Å². The minimum absolute atomic E-state index is 0.0218. The maximum absolute atomic E-state index is 12.6. The van der Waals surface area contributed by atoms with E-state index in [4.69, 9.17) is 0 Å². The molecule has 0 radical (unpaired) electrons. The number of hydrogen-bond donors (Lipinski definition) is 2. The molecule has 0 unspecified atom stereocenters. The molecule has 3 rings (SSSR count). The van der Waals surface area contributed by atoms with Gasteiger partial charge in [0.15, 0.2) is 0 Å². The van der Waals surface area contributed by atoms with Crippen molar-refractivity contribution in [3.63, 3.8) is 0 Å². The quantitative estimate of drug-likeness (QED) is 0.741. The SMILES string of the molecule is CC[C@H](NC(=O)c1ccc(-c2nc(C)[nH]c2C)cc1)c1ccncc1. The lowest BCUT2D eigenvalue weighted by Crippen LogP contribution is -2.28. The average molecular weight is 334 g/mol. The van der Waals surface area contributed by atoms with Gasteiger partial charge < -0.3 is 10.3 Å². The Balaban J connectivity index is 1.75. The van der Waals surface area contributed by atoms with Gasteiger partial charge in [-0.3, -0.25) is 9.78 Å². The molecule has 0 bridgehead atoms. The molecule has 5 heteroatoms. The third-order valence-corrected chi connectivity index (χ3v) is 4.25. The van der Waals surface area contributed by atoms with Crippen molar-refractivity contribution < 1.29 is 4.79 Å². The smallest absolute Gasteiger partial charge is 0.251 e. The normalized spacial score (nSPS) is 12.0. The van der Waals surface area contributed by atoms with Crippen LogP contribution in [0.15, 0.2) is 48.8 Å². The molecular weight excluding hydrogens is 312 g/mol. The summed E-state index contributed by atoms with van der Waals surface area (Å²) in [5.74, 6) is 0.808. The number of aromatic nitrogens is 3. The number of aryl methyl sites for hydroxylation is 2. The number of amides is 1. The number of hydrogen-bond acceptors (Lipinski definition) is 3. The van der Waals surface area contributed by atoms with Gasteiger partial charge in [0.25, 0.3) is 5.91 Å². The van der Waals surface area contributed by atoms with Gasteiger partial charge in [0.1, 0.15) is 5.82 Å². The molecule has 0 saturated carbocycles. The Labute approximate surface area is 147 Å². The highest BCUT2D eigenvalue weighted by molar-refractivity contribution is 5.94. The van der Waals surface area contributed by atoms with Gasteiger partial charge in [0.2, 0.25) is 0 Å². The van der Waals surface area contributed by atoms with Gasteiger partial charge in [0.05, 0.1) is 11.7 Å². The van der Waals surface area contributed by atoms with Gasteiger partial charge in [-0.25, -0.2) is 4.98 Å². The molecule has 1 aromatic carbocycles. The first-order chi connectivity index (χ1) is 12.1. The largest absolute Gasteiger partial charge is 0.346 e. The number of nitrogens with zero attached hydrogens (tertiary/aromatic N) is 2. The fraction of sp³-hybridized carbons (Fsp3) is 0.250. The van der Waals surface area contributed by atoms with Crippen LogP contribution in [0.2, 0.25) is 0 Å². The molecule has 0 aliphatic heterocycles. The van der Waals surface area contributed by atoms with Crippen molar-refractivity contribution in [1.82, 2.24) is 20.3 Å². The number of carbonyl (C=O) groups is 1. The highest BCUT2D eigenvalue weighted by Crippen LogP contribution is 2.22. The molecule has 128 valence electrons. The molecule has 0 aliphatic rings. The number of imidazole rings is 1. The van der Waals surface area contributed by atoms with E-state index in [0.29, 0.717) is 5.56 Å². The van der Waals surface area contributed by atoms with E-state index in [9.17, 15) is 4.79 Å². The van der Waals surface area contributed by atoms with E-state index in [1.807, 2.05) is 50.2 Å². The average Bonchev–Trinajstić information content (AvgIpc) is 2.98. The summed E-state index contributed by atoms with van der Waals surface area (Å²) in [6.07, 6.45) is 4.31. The Hall–Kier alpha value is -2.95. The Morgan fingerprint density at radius 1 is 1.12 bits per heavy atom. The predicted molar refractivity (Wildman–Crippen MR) is 98.2 cm³/mol. The molecule has 2 aromatic heterocycles. The first-order valence-corrected chi connectivity index (χ1v) is 8.43. The minimum atomic E-state index is -0.0786. The Morgan fingerprint density at radius 3 is 2.36 bits per heavy atom. The standard InChI is InChI=1S/C20H22N4O/c1-4-18(15-9-11-21-12-10-15)24-20(25)17-7-5-16(6-8-17)19-13(2)22-14(3)23-19/h5-12,18H,4H2,1-3H3,(H,22,23)(H,24,25)/t18-/m0/s1. The molecule has 0 saturated heterocycles. The van der Waals surface area contributed by atoms with Crippen LogP contribution in [0.1, 0.15) is 46.8 Å². The first kappa shape index (κ1) is 16.9. The Kier molecular flexibility index (Phi) is 4.93.